The van der Waals surface area contributed by atoms with Crippen molar-refractivity contribution in [3.8, 4) is 11.5 Å². The maximum Gasteiger partial charge on any atom is 0.236 e. The second-order valence-corrected chi connectivity index (χ2v) is 5.77. The highest BCUT2D eigenvalue weighted by molar-refractivity contribution is 9.10. The number of thioether (sulfide) groups is 1. The molecule has 1 aromatic rings. The molecule has 2 rings (SSSR count). The second kappa shape index (κ2) is 7.46. The lowest BCUT2D eigenvalue weighted by atomic mass is 10.2. The minimum Gasteiger partial charge on any atom is -0.493 e. The van der Waals surface area contributed by atoms with Gasteiger partial charge < -0.3 is 14.8 Å². The molecular weight excluding hydrogens is 358 g/mol. The lowest BCUT2D eigenvalue weighted by molar-refractivity contribution is -0.116. The Morgan fingerprint density at radius 2 is 2.33 bits per heavy atom. The van der Waals surface area contributed by atoms with Crippen LogP contribution >= 0.6 is 27.7 Å². The molecule has 6 nitrogen and oxygen atoms in total. The lowest BCUT2D eigenvalue weighted by Gasteiger charge is -2.11. The quantitative estimate of drug-likeness (QED) is 0.637. The number of nitrogens with zero attached hydrogens (tertiary/aromatic N) is 2. The van der Waals surface area contributed by atoms with Crippen molar-refractivity contribution in [3.05, 3.63) is 22.2 Å². The van der Waals surface area contributed by atoms with Crippen LogP contribution in [0.3, 0.4) is 0 Å². The van der Waals surface area contributed by atoms with E-state index in [1.807, 2.05) is 13.0 Å². The molecular formula is C13H14BrN3O3S. The standard InChI is InChI=1S/C13H14BrN3O3S/c1-3-20-12-9(14)4-8(5-10(12)19-2)6-15-17-13-16-11(18)7-21-13/h4-6H,3,7H2,1-2H3,(H,16,17,18). The summed E-state index contributed by atoms with van der Waals surface area (Å²) in [4.78, 5) is 11.0. The second-order valence-electron chi connectivity index (χ2n) is 3.95. The van der Waals surface area contributed by atoms with Crippen molar-refractivity contribution >= 4 is 45.0 Å². The number of hydrogen-bond donors (Lipinski definition) is 1. The number of methoxy groups -OCH3 is 1. The first kappa shape index (κ1) is 15.8. The van der Waals surface area contributed by atoms with E-state index in [1.54, 1.807) is 19.4 Å². The minimum atomic E-state index is -0.0561. The van der Waals surface area contributed by atoms with Gasteiger partial charge in [0.25, 0.3) is 0 Å². The van der Waals surface area contributed by atoms with Crippen LogP contribution in [-0.4, -0.2) is 36.8 Å². The lowest BCUT2D eigenvalue weighted by Crippen LogP contribution is -2.19. The maximum absolute atomic E-state index is 11.0. The van der Waals surface area contributed by atoms with Crippen molar-refractivity contribution < 1.29 is 14.3 Å². The summed E-state index contributed by atoms with van der Waals surface area (Å²) in [7, 11) is 1.58. The summed E-state index contributed by atoms with van der Waals surface area (Å²) < 4.78 is 11.6. The molecule has 0 atom stereocenters. The third kappa shape index (κ3) is 4.21. The van der Waals surface area contributed by atoms with Crippen molar-refractivity contribution in [3.63, 3.8) is 0 Å². The summed E-state index contributed by atoms with van der Waals surface area (Å²) in [5, 5.41) is 11.0. The van der Waals surface area contributed by atoms with Gasteiger partial charge in [-0.05, 0) is 40.5 Å². The fourth-order valence-electron chi connectivity index (χ4n) is 1.63. The molecule has 1 amide bonds. The van der Waals surface area contributed by atoms with Gasteiger partial charge in [-0.2, -0.15) is 5.10 Å². The molecule has 21 heavy (non-hydrogen) atoms. The number of carbonyl (C=O) groups excluding carboxylic acids is 1. The Balaban J connectivity index is 2.17. The molecule has 112 valence electrons. The van der Waals surface area contributed by atoms with Gasteiger partial charge in [0.1, 0.15) is 0 Å². The largest absolute Gasteiger partial charge is 0.493 e. The van der Waals surface area contributed by atoms with Gasteiger partial charge in [-0.15, -0.1) is 5.10 Å². The van der Waals surface area contributed by atoms with Crippen molar-refractivity contribution in [1.29, 1.82) is 0 Å². The van der Waals surface area contributed by atoms with E-state index in [1.165, 1.54) is 11.8 Å². The fourth-order valence-corrected chi connectivity index (χ4v) is 2.83. The predicted molar refractivity (Wildman–Crippen MR) is 87.5 cm³/mol. The van der Waals surface area contributed by atoms with Crippen molar-refractivity contribution in [2.75, 3.05) is 19.5 Å². The topological polar surface area (TPSA) is 72.3 Å². The first-order valence-corrected chi connectivity index (χ1v) is 7.96. The number of benzene rings is 1. The van der Waals surface area contributed by atoms with Gasteiger partial charge in [0.05, 0.1) is 30.2 Å². The third-order valence-corrected chi connectivity index (χ3v) is 3.93. The Hall–Kier alpha value is -1.54. The highest BCUT2D eigenvalue weighted by Crippen LogP contribution is 2.36. The van der Waals surface area contributed by atoms with Gasteiger partial charge in [-0.25, -0.2) is 0 Å². The van der Waals surface area contributed by atoms with Crippen LogP contribution in [0, 0.1) is 0 Å². The van der Waals surface area contributed by atoms with E-state index in [9.17, 15) is 4.79 Å². The Kier molecular flexibility index (Phi) is 5.63. The number of hydrogen-bond acceptors (Lipinski definition) is 6. The predicted octanol–water partition coefficient (Wildman–Crippen LogP) is 2.41. The van der Waals surface area contributed by atoms with Crippen LogP contribution < -0.4 is 14.8 Å². The minimum absolute atomic E-state index is 0.0561. The molecule has 0 bridgehead atoms. The van der Waals surface area contributed by atoms with Crippen LogP contribution in [0.2, 0.25) is 0 Å². The van der Waals surface area contributed by atoms with Crippen LogP contribution in [0.5, 0.6) is 11.5 Å². The van der Waals surface area contributed by atoms with Crippen LogP contribution in [0.4, 0.5) is 0 Å². The molecule has 0 saturated carbocycles. The van der Waals surface area contributed by atoms with E-state index in [-0.39, 0.29) is 5.91 Å². The van der Waals surface area contributed by atoms with E-state index in [2.05, 4.69) is 31.4 Å². The maximum atomic E-state index is 11.0. The van der Waals surface area contributed by atoms with Crippen LogP contribution in [-0.2, 0) is 4.79 Å². The van der Waals surface area contributed by atoms with Crippen LogP contribution in [0.15, 0.2) is 26.8 Å². The molecule has 1 heterocycles. The van der Waals surface area contributed by atoms with E-state index in [0.29, 0.717) is 29.0 Å². The normalized spacial score (nSPS) is 16.5. The first-order chi connectivity index (χ1) is 10.1. The third-order valence-electron chi connectivity index (χ3n) is 2.48. The molecule has 0 aliphatic carbocycles. The van der Waals surface area contributed by atoms with Gasteiger partial charge in [0, 0.05) is 0 Å². The van der Waals surface area contributed by atoms with Crippen molar-refractivity contribution in [2.45, 2.75) is 6.92 Å². The Morgan fingerprint density at radius 3 is 2.95 bits per heavy atom. The number of amides is 1. The van der Waals surface area contributed by atoms with Crippen molar-refractivity contribution in [2.24, 2.45) is 10.2 Å². The molecule has 1 saturated heterocycles. The van der Waals surface area contributed by atoms with Crippen LogP contribution in [0.1, 0.15) is 12.5 Å². The number of rotatable bonds is 5. The number of nitrogens with one attached hydrogen (secondary N) is 1. The Morgan fingerprint density at radius 1 is 1.52 bits per heavy atom. The van der Waals surface area contributed by atoms with Gasteiger partial charge in [-0.1, -0.05) is 11.8 Å². The molecule has 0 spiro atoms. The summed E-state index contributed by atoms with van der Waals surface area (Å²) in [5.41, 5.74) is 0.806. The molecule has 0 unspecified atom stereocenters. The number of amidine groups is 1. The zero-order chi connectivity index (χ0) is 15.2. The molecule has 1 aliphatic rings. The molecule has 1 aliphatic heterocycles. The summed E-state index contributed by atoms with van der Waals surface area (Å²) in [6.07, 6.45) is 1.58. The van der Waals surface area contributed by atoms with Crippen LogP contribution in [0.25, 0.3) is 0 Å². The zero-order valence-electron chi connectivity index (χ0n) is 11.6. The number of carbonyl (C=O) groups is 1. The van der Waals surface area contributed by atoms with E-state index in [0.717, 1.165) is 10.0 Å². The fraction of sp³-hybridized carbons (Fsp3) is 0.308. The molecule has 0 radical (unpaired) electrons. The van der Waals surface area contributed by atoms with Gasteiger partial charge >= 0.3 is 0 Å². The summed E-state index contributed by atoms with van der Waals surface area (Å²) in [6.45, 7) is 2.46. The van der Waals surface area contributed by atoms with E-state index in [4.69, 9.17) is 9.47 Å². The SMILES string of the molecule is CCOc1c(Br)cc(C=NN=C2NC(=O)CS2)cc1OC. The molecule has 1 N–H and O–H groups in total. The van der Waals surface area contributed by atoms with Gasteiger partial charge in [0.15, 0.2) is 16.7 Å². The Bertz CT molecular complexity index is 605. The molecule has 0 aromatic heterocycles. The van der Waals surface area contributed by atoms with Gasteiger partial charge in [0.2, 0.25) is 5.91 Å². The summed E-state index contributed by atoms with van der Waals surface area (Å²) >= 11 is 4.77. The molecule has 8 heteroatoms. The molecule has 1 aromatic carbocycles. The zero-order valence-corrected chi connectivity index (χ0v) is 14.0. The summed E-state index contributed by atoms with van der Waals surface area (Å²) in [5.74, 6) is 1.60. The number of ether oxygens (including phenoxy) is 2. The monoisotopic (exact) mass is 371 g/mol. The van der Waals surface area contributed by atoms with E-state index >= 15 is 0 Å². The Labute approximate surface area is 135 Å². The average Bonchev–Trinajstić information content (AvgIpc) is 2.87. The van der Waals surface area contributed by atoms with Crippen molar-refractivity contribution in [1.82, 2.24) is 5.32 Å². The highest BCUT2D eigenvalue weighted by Gasteiger charge is 2.16. The smallest absolute Gasteiger partial charge is 0.236 e. The summed E-state index contributed by atoms with van der Waals surface area (Å²) in [6, 6.07) is 3.66. The van der Waals surface area contributed by atoms with Gasteiger partial charge in [-0.3, -0.25) is 4.79 Å². The first-order valence-electron chi connectivity index (χ1n) is 6.18. The average molecular weight is 372 g/mol. The highest BCUT2D eigenvalue weighted by atomic mass is 79.9. The molecule has 1 fully saturated rings. The number of halogens is 1. The van der Waals surface area contributed by atoms with E-state index < -0.39 is 0 Å².